The van der Waals surface area contributed by atoms with Gasteiger partial charge >= 0.3 is 0 Å². The first-order valence-electron chi connectivity index (χ1n) is 3.59. The van der Waals surface area contributed by atoms with Crippen LogP contribution >= 0.6 is 11.3 Å². The van der Waals surface area contributed by atoms with Gasteiger partial charge < -0.3 is 4.74 Å². The smallest absolute Gasteiger partial charge is 0.197 e. The van der Waals surface area contributed by atoms with Crippen molar-refractivity contribution >= 4 is 16.5 Å². The summed E-state index contributed by atoms with van der Waals surface area (Å²) >= 11 is 1.57. The lowest BCUT2D eigenvalue weighted by Gasteiger charge is -2.08. The van der Waals surface area contributed by atoms with Crippen molar-refractivity contribution in [3.05, 3.63) is 11.1 Å². The van der Waals surface area contributed by atoms with Crippen LogP contribution in [0.15, 0.2) is 5.38 Å². The highest BCUT2D eigenvalue weighted by Gasteiger charge is 2.00. The van der Waals surface area contributed by atoms with Crippen LogP contribution in [-0.2, 0) is 11.3 Å². The van der Waals surface area contributed by atoms with Gasteiger partial charge in [-0.3, -0.25) is 5.43 Å². The number of hydrazine groups is 1. The SMILES string of the molecule is COCc1csc(NN(C)C)n1. The van der Waals surface area contributed by atoms with Crippen molar-refractivity contribution in [3.8, 4) is 0 Å². The quantitative estimate of drug-likeness (QED) is 0.718. The van der Waals surface area contributed by atoms with Gasteiger partial charge in [0.2, 0.25) is 0 Å². The van der Waals surface area contributed by atoms with Crippen molar-refractivity contribution in [1.82, 2.24) is 9.99 Å². The molecule has 0 aromatic carbocycles. The van der Waals surface area contributed by atoms with Crippen LogP contribution in [0.1, 0.15) is 5.69 Å². The van der Waals surface area contributed by atoms with Gasteiger partial charge in [-0.05, 0) is 0 Å². The number of nitrogens with one attached hydrogen (secondary N) is 1. The maximum absolute atomic E-state index is 4.95. The number of hydrogen-bond acceptors (Lipinski definition) is 5. The molecule has 4 nitrogen and oxygen atoms in total. The predicted octanol–water partition coefficient (Wildman–Crippen LogP) is 1.18. The molecule has 1 aromatic rings. The third kappa shape index (κ3) is 2.77. The van der Waals surface area contributed by atoms with Gasteiger partial charge in [0.15, 0.2) is 5.13 Å². The van der Waals surface area contributed by atoms with E-state index < -0.39 is 0 Å². The molecule has 0 radical (unpaired) electrons. The van der Waals surface area contributed by atoms with E-state index >= 15 is 0 Å². The normalized spacial score (nSPS) is 10.7. The third-order valence-corrected chi connectivity index (χ3v) is 1.96. The Kier molecular flexibility index (Phi) is 3.46. The van der Waals surface area contributed by atoms with E-state index in [-0.39, 0.29) is 0 Å². The van der Waals surface area contributed by atoms with E-state index in [1.165, 1.54) is 0 Å². The molecule has 0 saturated heterocycles. The van der Waals surface area contributed by atoms with Gasteiger partial charge in [-0.25, -0.2) is 9.99 Å². The average molecular weight is 187 g/mol. The van der Waals surface area contributed by atoms with Crippen LogP contribution in [0.5, 0.6) is 0 Å². The number of rotatable bonds is 4. The minimum Gasteiger partial charge on any atom is -0.378 e. The molecule has 0 atom stereocenters. The van der Waals surface area contributed by atoms with Crippen LogP contribution in [-0.4, -0.2) is 31.2 Å². The topological polar surface area (TPSA) is 37.4 Å². The molecule has 12 heavy (non-hydrogen) atoms. The van der Waals surface area contributed by atoms with Crippen molar-refractivity contribution < 1.29 is 4.74 Å². The molecule has 1 aromatic heterocycles. The third-order valence-electron chi connectivity index (χ3n) is 1.16. The summed E-state index contributed by atoms with van der Waals surface area (Å²) in [7, 11) is 5.52. The Morgan fingerprint density at radius 2 is 2.42 bits per heavy atom. The molecule has 0 aliphatic heterocycles. The van der Waals surface area contributed by atoms with Crippen LogP contribution in [0.2, 0.25) is 0 Å². The van der Waals surface area contributed by atoms with Crippen LogP contribution in [0.3, 0.4) is 0 Å². The second kappa shape index (κ2) is 4.39. The van der Waals surface area contributed by atoms with Crippen LogP contribution in [0.4, 0.5) is 5.13 Å². The molecule has 0 spiro atoms. The average Bonchev–Trinajstić information content (AvgIpc) is 2.36. The minimum atomic E-state index is 0.575. The van der Waals surface area contributed by atoms with Crippen LogP contribution < -0.4 is 5.43 Å². The first kappa shape index (κ1) is 9.44. The summed E-state index contributed by atoms with van der Waals surface area (Å²) in [6.07, 6.45) is 0. The molecule has 1 heterocycles. The maximum atomic E-state index is 4.95. The zero-order valence-electron chi connectivity index (χ0n) is 7.50. The second-order valence-corrected chi connectivity index (χ2v) is 3.44. The Morgan fingerprint density at radius 3 is 3.00 bits per heavy atom. The maximum Gasteiger partial charge on any atom is 0.197 e. The van der Waals surface area contributed by atoms with E-state index in [1.807, 2.05) is 24.5 Å². The summed E-state index contributed by atoms with van der Waals surface area (Å²) in [5.74, 6) is 0. The van der Waals surface area contributed by atoms with E-state index in [2.05, 4.69) is 10.4 Å². The van der Waals surface area contributed by atoms with Gasteiger partial charge in [-0.1, -0.05) is 0 Å². The van der Waals surface area contributed by atoms with E-state index in [9.17, 15) is 0 Å². The molecule has 1 rings (SSSR count). The van der Waals surface area contributed by atoms with Crippen LogP contribution in [0.25, 0.3) is 0 Å². The van der Waals surface area contributed by atoms with Crippen molar-refractivity contribution in [2.75, 3.05) is 26.6 Å². The fourth-order valence-electron chi connectivity index (χ4n) is 0.764. The van der Waals surface area contributed by atoms with E-state index in [0.717, 1.165) is 10.8 Å². The summed E-state index contributed by atoms with van der Waals surface area (Å²) in [4.78, 5) is 4.28. The van der Waals surface area contributed by atoms with Crippen LogP contribution in [0, 0.1) is 0 Å². The minimum absolute atomic E-state index is 0.575. The molecule has 0 unspecified atom stereocenters. The Balaban J connectivity index is 2.52. The monoisotopic (exact) mass is 187 g/mol. The van der Waals surface area contributed by atoms with Gasteiger partial charge in [0.05, 0.1) is 12.3 Å². The van der Waals surface area contributed by atoms with E-state index in [4.69, 9.17) is 4.74 Å². The van der Waals surface area contributed by atoms with Crippen molar-refractivity contribution in [3.63, 3.8) is 0 Å². The summed E-state index contributed by atoms with van der Waals surface area (Å²) in [5.41, 5.74) is 4.03. The number of hydrogen-bond donors (Lipinski definition) is 1. The highest BCUT2D eigenvalue weighted by atomic mass is 32.1. The molecule has 5 heteroatoms. The second-order valence-electron chi connectivity index (χ2n) is 2.58. The highest BCUT2D eigenvalue weighted by molar-refractivity contribution is 7.13. The Morgan fingerprint density at radius 1 is 1.67 bits per heavy atom. The Bertz CT molecular complexity index is 236. The van der Waals surface area contributed by atoms with Crippen molar-refractivity contribution in [2.24, 2.45) is 0 Å². The van der Waals surface area contributed by atoms with Gasteiger partial charge in [-0.15, -0.1) is 11.3 Å². The molecule has 68 valence electrons. The standard InChI is InChI=1S/C7H13N3OS/c1-10(2)9-7-8-6(4-11-3)5-12-7/h5H,4H2,1-3H3,(H,8,9). The molecule has 0 amide bonds. The largest absolute Gasteiger partial charge is 0.378 e. The molecular weight excluding hydrogens is 174 g/mol. The van der Waals surface area contributed by atoms with Crippen molar-refractivity contribution in [2.45, 2.75) is 6.61 Å². The number of anilines is 1. The van der Waals surface area contributed by atoms with Gasteiger partial charge in [-0.2, -0.15) is 0 Å². The summed E-state index contributed by atoms with van der Waals surface area (Å²) in [5, 5.41) is 4.73. The predicted molar refractivity (Wildman–Crippen MR) is 50.1 cm³/mol. The zero-order valence-corrected chi connectivity index (χ0v) is 8.31. The van der Waals surface area contributed by atoms with Crippen molar-refractivity contribution in [1.29, 1.82) is 0 Å². The number of ether oxygens (including phenoxy) is 1. The lowest BCUT2D eigenvalue weighted by Crippen LogP contribution is -2.19. The first-order chi connectivity index (χ1) is 5.72. The first-order valence-corrected chi connectivity index (χ1v) is 4.47. The summed E-state index contributed by atoms with van der Waals surface area (Å²) < 4.78 is 4.95. The molecule has 0 fully saturated rings. The Hall–Kier alpha value is -0.650. The number of aromatic nitrogens is 1. The van der Waals surface area contributed by atoms with E-state index in [1.54, 1.807) is 18.4 Å². The van der Waals surface area contributed by atoms with Gasteiger partial charge in [0, 0.05) is 26.6 Å². The molecule has 1 N–H and O–H groups in total. The van der Waals surface area contributed by atoms with E-state index in [0.29, 0.717) is 6.61 Å². The number of nitrogens with zero attached hydrogens (tertiary/aromatic N) is 2. The fraction of sp³-hybridized carbons (Fsp3) is 0.571. The summed E-state index contributed by atoms with van der Waals surface area (Å²) in [6.45, 7) is 0.575. The fourth-order valence-corrected chi connectivity index (χ4v) is 1.54. The molecular formula is C7H13N3OS. The number of methoxy groups -OCH3 is 1. The Labute approximate surface area is 76.1 Å². The molecule has 0 saturated carbocycles. The van der Waals surface area contributed by atoms with Gasteiger partial charge in [0.25, 0.3) is 0 Å². The molecule has 0 aliphatic rings. The zero-order chi connectivity index (χ0) is 8.97. The highest BCUT2D eigenvalue weighted by Crippen LogP contribution is 2.15. The molecule has 0 aliphatic carbocycles. The lowest BCUT2D eigenvalue weighted by molar-refractivity contribution is 0.182. The summed E-state index contributed by atoms with van der Waals surface area (Å²) in [6, 6.07) is 0. The molecule has 0 bridgehead atoms. The number of thiazole rings is 1. The van der Waals surface area contributed by atoms with Gasteiger partial charge in [0.1, 0.15) is 0 Å². The lowest BCUT2D eigenvalue weighted by atomic mass is 10.5.